The molecule has 0 radical (unpaired) electrons. The van der Waals surface area contributed by atoms with Gasteiger partial charge in [0.2, 0.25) is 5.91 Å². The zero-order valence-corrected chi connectivity index (χ0v) is 15.8. The molecule has 2 rings (SSSR count). The first-order valence-electron chi connectivity index (χ1n) is 8.65. The highest BCUT2D eigenvalue weighted by molar-refractivity contribution is 6.34. The lowest BCUT2D eigenvalue weighted by atomic mass is 10.0. The number of nitrogens with one attached hydrogen (secondary N) is 1. The number of hydrogen-bond donors (Lipinski definition) is 2. The SMILES string of the molecule is CCN(CC)C(=O)c1ccc(NC(=O)CC(N)c2ccccc2)cc1Cl. The first-order valence-corrected chi connectivity index (χ1v) is 9.03. The number of benzene rings is 2. The summed E-state index contributed by atoms with van der Waals surface area (Å²) in [6, 6.07) is 14.0. The topological polar surface area (TPSA) is 75.4 Å². The first kappa shape index (κ1) is 19.9. The Morgan fingerprint density at radius 3 is 2.35 bits per heavy atom. The number of anilines is 1. The quantitative estimate of drug-likeness (QED) is 0.773. The van der Waals surface area contributed by atoms with Crippen LogP contribution in [0.15, 0.2) is 48.5 Å². The minimum atomic E-state index is -0.379. The first-order chi connectivity index (χ1) is 12.5. The minimum absolute atomic E-state index is 0.121. The van der Waals surface area contributed by atoms with Gasteiger partial charge in [0, 0.05) is 31.2 Å². The molecule has 0 aromatic heterocycles. The standard InChI is InChI=1S/C20H24ClN3O2/c1-3-24(4-2)20(26)16-11-10-15(12-17(16)21)23-19(25)13-18(22)14-8-6-5-7-9-14/h5-12,18H,3-4,13,22H2,1-2H3,(H,23,25). The van der Waals surface area contributed by atoms with Crippen molar-refractivity contribution in [2.45, 2.75) is 26.3 Å². The average molecular weight is 374 g/mol. The van der Waals surface area contributed by atoms with Crippen molar-refractivity contribution in [2.75, 3.05) is 18.4 Å². The van der Waals surface area contributed by atoms with E-state index in [2.05, 4.69) is 5.32 Å². The maximum absolute atomic E-state index is 12.4. The van der Waals surface area contributed by atoms with Crippen molar-refractivity contribution >= 4 is 29.1 Å². The van der Waals surface area contributed by atoms with E-state index in [1.165, 1.54) is 0 Å². The zero-order valence-electron chi connectivity index (χ0n) is 15.0. The summed E-state index contributed by atoms with van der Waals surface area (Å²) in [6.07, 6.45) is 0.155. The molecule has 0 bridgehead atoms. The van der Waals surface area contributed by atoms with Gasteiger partial charge in [-0.2, -0.15) is 0 Å². The van der Waals surface area contributed by atoms with Crippen LogP contribution >= 0.6 is 11.6 Å². The van der Waals surface area contributed by atoms with Crippen LogP contribution < -0.4 is 11.1 Å². The second kappa shape index (κ2) is 9.36. The Morgan fingerprint density at radius 2 is 1.77 bits per heavy atom. The van der Waals surface area contributed by atoms with E-state index in [-0.39, 0.29) is 24.3 Å². The van der Waals surface area contributed by atoms with Crippen molar-refractivity contribution in [2.24, 2.45) is 5.73 Å². The fraction of sp³-hybridized carbons (Fsp3) is 0.300. The molecule has 0 saturated heterocycles. The van der Waals surface area contributed by atoms with Crippen LogP contribution in [0.5, 0.6) is 0 Å². The number of amides is 2. The highest BCUT2D eigenvalue weighted by atomic mass is 35.5. The molecule has 0 fully saturated rings. The van der Waals surface area contributed by atoms with Crippen molar-refractivity contribution in [3.05, 3.63) is 64.7 Å². The molecule has 26 heavy (non-hydrogen) atoms. The van der Waals surface area contributed by atoms with Gasteiger partial charge < -0.3 is 16.0 Å². The number of nitrogens with zero attached hydrogens (tertiary/aromatic N) is 1. The second-order valence-electron chi connectivity index (χ2n) is 5.94. The summed E-state index contributed by atoms with van der Waals surface area (Å²) in [5, 5.41) is 3.09. The smallest absolute Gasteiger partial charge is 0.255 e. The van der Waals surface area contributed by atoms with Crippen LogP contribution in [0.1, 0.15) is 42.2 Å². The van der Waals surface area contributed by atoms with E-state index in [0.29, 0.717) is 29.4 Å². The van der Waals surface area contributed by atoms with Crippen molar-refractivity contribution in [3.8, 4) is 0 Å². The molecule has 5 nitrogen and oxygen atoms in total. The van der Waals surface area contributed by atoms with Gasteiger partial charge in [-0.05, 0) is 37.6 Å². The summed E-state index contributed by atoms with van der Waals surface area (Å²) in [6.45, 7) is 5.06. The minimum Gasteiger partial charge on any atom is -0.339 e. The van der Waals surface area contributed by atoms with E-state index in [1.54, 1.807) is 23.1 Å². The van der Waals surface area contributed by atoms with E-state index in [0.717, 1.165) is 5.56 Å². The predicted molar refractivity (Wildman–Crippen MR) is 105 cm³/mol. The van der Waals surface area contributed by atoms with Gasteiger partial charge in [-0.25, -0.2) is 0 Å². The van der Waals surface area contributed by atoms with Gasteiger partial charge in [-0.15, -0.1) is 0 Å². The van der Waals surface area contributed by atoms with Crippen LogP contribution in [0, 0.1) is 0 Å². The zero-order chi connectivity index (χ0) is 19.1. The van der Waals surface area contributed by atoms with E-state index in [9.17, 15) is 9.59 Å². The molecule has 0 spiro atoms. The Morgan fingerprint density at radius 1 is 1.12 bits per heavy atom. The number of carbonyl (C=O) groups excluding carboxylic acids is 2. The van der Waals surface area contributed by atoms with Gasteiger partial charge in [-0.3, -0.25) is 9.59 Å². The summed E-state index contributed by atoms with van der Waals surface area (Å²) in [7, 11) is 0. The Hall–Kier alpha value is -2.37. The van der Waals surface area contributed by atoms with Gasteiger partial charge in [0.25, 0.3) is 5.91 Å². The van der Waals surface area contributed by atoms with Crippen molar-refractivity contribution in [1.29, 1.82) is 0 Å². The van der Waals surface area contributed by atoms with E-state index < -0.39 is 0 Å². The normalized spacial score (nSPS) is 11.7. The monoisotopic (exact) mass is 373 g/mol. The molecule has 2 amide bonds. The maximum atomic E-state index is 12.4. The van der Waals surface area contributed by atoms with Crippen LogP contribution in [-0.4, -0.2) is 29.8 Å². The highest BCUT2D eigenvalue weighted by Gasteiger charge is 2.17. The average Bonchev–Trinajstić information content (AvgIpc) is 2.63. The summed E-state index contributed by atoms with van der Waals surface area (Å²) in [4.78, 5) is 26.3. The second-order valence-corrected chi connectivity index (χ2v) is 6.35. The molecular weight excluding hydrogens is 350 g/mol. The van der Waals surface area contributed by atoms with Crippen molar-refractivity contribution in [1.82, 2.24) is 4.90 Å². The maximum Gasteiger partial charge on any atom is 0.255 e. The lowest BCUT2D eigenvalue weighted by Crippen LogP contribution is -2.30. The molecule has 0 aliphatic heterocycles. The molecule has 0 saturated carbocycles. The van der Waals surface area contributed by atoms with E-state index in [4.69, 9.17) is 17.3 Å². The van der Waals surface area contributed by atoms with Crippen LogP contribution in [-0.2, 0) is 4.79 Å². The molecular formula is C20H24ClN3O2. The molecule has 2 aromatic carbocycles. The van der Waals surface area contributed by atoms with Crippen molar-refractivity contribution < 1.29 is 9.59 Å². The van der Waals surface area contributed by atoms with Crippen LogP contribution in [0.4, 0.5) is 5.69 Å². The number of halogens is 1. The Bertz CT molecular complexity index is 761. The Balaban J connectivity index is 2.03. The van der Waals surface area contributed by atoms with E-state index >= 15 is 0 Å². The molecule has 6 heteroatoms. The third kappa shape index (κ3) is 5.07. The van der Waals surface area contributed by atoms with Crippen LogP contribution in [0.2, 0.25) is 5.02 Å². The number of rotatable bonds is 7. The number of hydrogen-bond acceptors (Lipinski definition) is 3. The molecule has 2 aromatic rings. The van der Waals surface area contributed by atoms with Gasteiger partial charge in [0.15, 0.2) is 0 Å². The number of carbonyl (C=O) groups is 2. The van der Waals surface area contributed by atoms with Gasteiger partial charge >= 0.3 is 0 Å². The molecule has 0 aliphatic carbocycles. The molecule has 3 N–H and O–H groups in total. The molecule has 1 unspecified atom stereocenters. The van der Waals surface area contributed by atoms with Gasteiger partial charge in [0.1, 0.15) is 0 Å². The molecule has 0 heterocycles. The Labute approximate surface area is 159 Å². The van der Waals surface area contributed by atoms with Crippen molar-refractivity contribution in [3.63, 3.8) is 0 Å². The molecule has 138 valence electrons. The number of nitrogens with two attached hydrogens (primary N) is 1. The molecule has 0 aliphatic rings. The lowest BCUT2D eigenvalue weighted by molar-refractivity contribution is -0.116. The summed E-state index contributed by atoms with van der Waals surface area (Å²) < 4.78 is 0. The van der Waals surface area contributed by atoms with Gasteiger partial charge in [-0.1, -0.05) is 41.9 Å². The van der Waals surface area contributed by atoms with E-state index in [1.807, 2.05) is 44.2 Å². The summed E-state index contributed by atoms with van der Waals surface area (Å²) in [5.41, 5.74) is 7.94. The highest BCUT2D eigenvalue weighted by Crippen LogP contribution is 2.23. The Kier molecular flexibility index (Phi) is 7.18. The lowest BCUT2D eigenvalue weighted by Gasteiger charge is -2.19. The van der Waals surface area contributed by atoms with Crippen LogP contribution in [0.25, 0.3) is 0 Å². The third-order valence-corrected chi connectivity index (χ3v) is 4.48. The molecule has 1 atom stereocenters. The summed E-state index contributed by atoms with van der Waals surface area (Å²) in [5.74, 6) is -0.329. The fourth-order valence-electron chi connectivity index (χ4n) is 2.68. The third-order valence-electron chi connectivity index (χ3n) is 4.17. The van der Waals surface area contributed by atoms with Crippen LogP contribution in [0.3, 0.4) is 0 Å². The fourth-order valence-corrected chi connectivity index (χ4v) is 2.94. The summed E-state index contributed by atoms with van der Waals surface area (Å²) >= 11 is 6.24. The predicted octanol–water partition coefficient (Wildman–Crippen LogP) is 3.85. The van der Waals surface area contributed by atoms with Gasteiger partial charge in [0.05, 0.1) is 10.6 Å². The largest absolute Gasteiger partial charge is 0.339 e.